The minimum Gasteiger partial charge on any atom is -0.450 e. The van der Waals surface area contributed by atoms with Gasteiger partial charge in [0.1, 0.15) is 0 Å². The highest BCUT2D eigenvalue weighted by Gasteiger charge is 2.27. The van der Waals surface area contributed by atoms with Gasteiger partial charge in [-0.25, -0.2) is 4.79 Å². The molecule has 0 unspecified atom stereocenters. The standard InChI is InChI=1S/C20H25N3O4/c1-4-27-20(26)22-11-9-21(10-12-22)18(24)17-13-23(14(2)3)19(25)16-8-6-5-7-15(16)17/h5-8,13-14H,4,9-12H2,1-3H3. The van der Waals surface area contributed by atoms with Gasteiger partial charge in [0, 0.05) is 49.2 Å². The molecule has 144 valence electrons. The first-order valence-electron chi connectivity index (χ1n) is 9.29. The summed E-state index contributed by atoms with van der Waals surface area (Å²) < 4.78 is 6.62. The molecule has 2 heterocycles. The van der Waals surface area contributed by atoms with Crippen LogP contribution in [0.3, 0.4) is 0 Å². The fourth-order valence-electron chi connectivity index (χ4n) is 3.34. The van der Waals surface area contributed by atoms with Crippen LogP contribution in [-0.4, -0.2) is 59.2 Å². The van der Waals surface area contributed by atoms with Crippen LogP contribution in [0.2, 0.25) is 0 Å². The SMILES string of the molecule is CCOC(=O)N1CCN(C(=O)c2cn(C(C)C)c(=O)c3ccccc23)CC1. The van der Waals surface area contributed by atoms with Gasteiger partial charge in [-0.1, -0.05) is 18.2 Å². The van der Waals surface area contributed by atoms with Gasteiger partial charge in [-0.05, 0) is 26.8 Å². The predicted molar refractivity (Wildman–Crippen MR) is 103 cm³/mol. The Labute approximate surface area is 158 Å². The average molecular weight is 371 g/mol. The van der Waals surface area contributed by atoms with Crippen molar-refractivity contribution in [2.45, 2.75) is 26.8 Å². The maximum atomic E-state index is 13.2. The summed E-state index contributed by atoms with van der Waals surface area (Å²) >= 11 is 0. The van der Waals surface area contributed by atoms with Crippen molar-refractivity contribution in [1.29, 1.82) is 0 Å². The van der Waals surface area contributed by atoms with Crippen LogP contribution in [-0.2, 0) is 4.74 Å². The fraction of sp³-hybridized carbons (Fsp3) is 0.450. The Morgan fingerprint density at radius 1 is 1.04 bits per heavy atom. The number of nitrogens with zero attached hydrogens (tertiary/aromatic N) is 3. The number of aromatic nitrogens is 1. The second kappa shape index (κ2) is 7.82. The van der Waals surface area contributed by atoms with Gasteiger partial charge in [-0.3, -0.25) is 9.59 Å². The van der Waals surface area contributed by atoms with Gasteiger partial charge >= 0.3 is 6.09 Å². The highest BCUT2D eigenvalue weighted by Crippen LogP contribution is 2.20. The Kier molecular flexibility index (Phi) is 5.48. The van der Waals surface area contributed by atoms with Gasteiger partial charge in [0.25, 0.3) is 11.5 Å². The molecule has 1 saturated heterocycles. The Balaban J connectivity index is 1.90. The van der Waals surface area contributed by atoms with Gasteiger partial charge in [0.15, 0.2) is 0 Å². The molecule has 7 nitrogen and oxygen atoms in total. The Morgan fingerprint density at radius 2 is 1.63 bits per heavy atom. The second-order valence-corrected chi connectivity index (χ2v) is 6.87. The normalized spacial score (nSPS) is 14.7. The smallest absolute Gasteiger partial charge is 0.409 e. The Morgan fingerprint density at radius 3 is 2.22 bits per heavy atom. The average Bonchev–Trinajstić information content (AvgIpc) is 2.68. The number of hydrogen-bond acceptors (Lipinski definition) is 4. The molecule has 0 spiro atoms. The van der Waals surface area contributed by atoms with Gasteiger partial charge in [0.2, 0.25) is 0 Å². The van der Waals surface area contributed by atoms with Crippen LogP contribution >= 0.6 is 0 Å². The molecule has 0 atom stereocenters. The molecular formula is C20H25N3O4. The Hall–Kier alpha value is -2.83. The van der Waals surface area contributed by atoms with Gasteiger partial charge in [-0.2, -0.15) is 0 Å². The van der Waals surface area contributed by atoms with E-state index in [0.717, 1.165) is 0 Å². The minimum absolute atomic E-state index is 0.0469. The number of hydrogen-bond donors (Lipinski definition) is 0. The van der Waals surface area contributed by atoms with Crippen LogP contribution in [0.5, 0.6) is 0 Å². The molecule has 0 saturated carbocycles. The number of carbonyl (C=O) groups excluding carboxylic acids is 2. The zero-order chi connectivity index (χ0) is 19.6. The van der Waals surface area contributed by atoms with Crippen molar-refractivity contribution in [1.82, 2.24) is 14.4 Å². The first-order valence-corrected chi connectivity index (χ1v) is 9.29. The second-order valence-electron chi connectivity index (χ2n) is 6.87. The topological polar surface area (TPSA) is 71.8 Å². The van der Waals surface area contributed by atoms with Crippen LogP contribution in [0.1, 0.15) is 37.2 Å². The van der Waals surface area contributed by atoms with Gasteiger partial charge in [-0.15, -0.1) is 0 Å². The molecule has 0 radical (unpaired) electrons. The molecule has 1 fully saturated rings. The molecule has 1 aromatic carbocycles. The maximum Gasteiger partial charge on any atom is 0.409 e. The minimum atomic E-state index is -0.344. The first-order chi connectivity index (χ1) is 12.9. The molecule has 0 N–H and O–H groups in total. The molecule has 0 bridgehead atoms. The summed E-state index contributed by atoms with van der Waals surface area (Å²) in [6.45, 7) is 7.69. The van der Waals surface area contributed by atoms with Crippen LogP contribution in [0.4, 0.5) is 4.79 Å². The van der Waals surface area contributed by atoms with E-state index in [-0.39, 0.29) is 23.6 Å². The Bertz CT molecular complexity index is 911. The predicted octanol–water partition coefficient (Wildman–Crippen LogP) is 2.50. The number of ether oxygens (including phenoxy) is 1. The molecule has 0 aliphatic carbocycles. The zero-order valence-corrected chi connectivity index (χ0v) is 16.0. The number of carbonyl (C=O) groups is 2. The first kappa shape index (κ1) is 18.9. The molecule has 1 aliphatic rings. The lowest BCUT2D eigenvalue weighted by Gasteiger charge is -2.34. The van der Waals surface area contributed by atoms with E-state index in [9.17, 15) is 14.4 Å². The summed E-state index contributed by atoms with van der Waals surface area (Å²) in [7, 11) is 0. The van der Waals surface area contributed by atoms with Crippen molar-refractivity contribution in [3.63, 3.8) is 0 Å². The number of amides is 2. The van der Waals surface area contributed by atoms with Crippen molar-refractivity contribution < 1.29 is 14.3 Å². The number of benzene rings is 1. The number of fused-ring (bicyclic) bond motifs is 1. The highest BCUT2D eigenvalue weighted by atomic mass is 16.6. The highest BCUT2D eigenvalue weighted by molar-refractivity contribution is 6.06. The van der Waals surface area contributed by atoms with E-state index in [2.05, 4.69) is 0 Å². The molecule has 27 heavy (non-hydrogen) atoms. The summed E-state index contributed by atoms with van der Waals surface area (Å²) in [4.78, 5) is 41.0. The summed E-state index contributed by atoms with van der Waals surface area (Å²) in [6.07, 6.45) is 1.32. The zero-order valence-electron chi connectivity index (χ0n) is 16.0. The third-order valence-electron chi connectivity index (χ3n) is 4.83. The van der Waals surface area contributed by atoms with Crippen LogP contribution < -0.4 is 5.56 Å². The molecule has 1 aliphatic heterocycles. The van der Waals surface area contributed by atoms with Crippen molar-refractivity contribution >= 4 is 22.8 Å². The summed E-state index contributed by atoms with van der Waals surface area (Å²) in [5.74, 6) is -0.121. The molecule has 7 heteroatoms. The maximum absolute atomic E-state index is 13.2. The lowest BCUT2D eigenvalue weighted by atomic mass is 10.1. The van der Waals surface area contributed by atoms with Crippen molar-refractivity contribution in [3.8, 4) is 0 Å². The van der Waals surface area contributed by atoms with Crippen molar-refractivity contribution in [3.05, 3.63) is 46.4 Å². The van der Waals surface area contributed by atoms with Crippen LogP contribution in [0, 0.1) is 0 Å². The lowest BCUT2D eigenvalue weighted by Crippen LogP contribution is -2.50. The van der Waals surface area contributed by atoms with Gasteiger partial charge < -0.3 is 19.1 Å². The van der Waals surface area contributed by atoms with E-state index >= 15 is 0 Å². The summed E-state index contributed by atoms with van der Waals surface area (Å²) in [5, 5.41) is 1.21. The third kappa shape index (κ3) is 3.67. The molecule has 3 rings (SSSR count). The summed E-state index contributed by atoms with van der Waals surface area (Å²) in [6, 6.07) is 7.15. The van der Waals surface area contributed by atoms with Gasteiger partial charge in [0.05, 0.1) is 12.2 Å². The van der Waals surface area contributed by atoms with Crippen molar-refractivity contribution in [2.24, 2.45) is 0 Å². The molecule has 1 aromatic heterocycles. The largest absolute Gasteiger partial charge is 0.450 e. The monoisotopic (exact) mass is 371 g/mol. The van der Waals surface area contributed by atoms with Crippen LogP contribution in [0.15, 0.2) is 35.3 Å². The van der Waals surface area contributed by atoms with E-state index in [0.29, 0.717) is 49.1 Å². The fourth-order valence-corrected chi connectivity index (χ4v) is 3.34. The number of piperazine rings is 1. The van der Waals surface area contributed by atoms with E-state index in [1.165, 1.54) is 0 Å². The molecule has 2 aromatic rings. The number of rotatable bonds is 3. The van der Waals surface area contributed by atoms with E-state index in [1.54, 1.807) is 39.6 Å². The molecular weight excluding hydrogens is 346 g/mol. The lowest BCUT2D eigenvalue weighted by molar-refractivity contribution is 0.0571. The van der Waals surface area contributed by atoms with E-state index < -0.39 is 0 Å². The molecule has 2 amide bonds. The van der Waals surface area contributed by atoms with E-state index in [4.69, 9.17) is 4.74 Å². The van der Waals surface area contributed by atoms with Crippen LogP contribution in [0.25, 0.3) is 10.8 Å². The summed E-state index contributed by atoms with van der Waals surface area (Å²) in [5.41, 5.74) is 0.424. The number of pyridine rings is 1. The van der Waals surface area contributed by atoms with Crippen molar-refractivity contribution in [2.75, 3.05) is 32.8 Å². The third-order valence-corrected chi connectivity index (χ3v) is 4.83. The quantitative estimate of drug-likeness (QED) is 0.831. The van der Waals surface area contributed by atoms with E-state index in [1.807, 2.05) is 26.0 Å².